The maximum Gasteiger partial charge on any atom is 0.257 e. The molecule has 7 nitrogen and oxygen atoms in total. The van der Waals surface area contributed by atoms with Gasteiger partial charge in [0.25, 0.3) is 10.0 Å². The first-order valence-corrected chi connectivity index (χ1v) is 7.56. The molecule has 8 heteroatoms. The molecule has 1 aliphatic carbocycles. The Kier molecular flexibility index (Phi) is 4.05. The van der Waals surface area contributed by atoms with Crippen LogP contribution in [0.2, 0.25) is 0 Å². The highest BCUT2D eigenvalue weighted by molar-refractivity contribution is 7.89. The maximum absolute atomic E-state index is 11.9. The van der Waals surface area contributed by atoms with Crippen LogP contribution in [0.5, 0.6) is 0 Å². The number of rotatable bonds is 5. The first kappa shape index (κ1) is 14.5. The molecule has 0 bridgehead atoms. The molecule has 2 amide bonds. The summed E-state index contributed by atoms with van der Waals surface area (Å²) < 4.78 is 23.8. The van der Waals surface area contributed by atoms with Crippen molar-refractivity contribution in [2.45, 2.75) is 24.7 Å². The Labute approximate surface area is 116 Å². The molecule has 0 aromatic heterocycles. The molecule has 108 valence electrons. The smallest absolute Gasteiger partial charge is 0.257 e. The summed E-state index contributed by atoms with van der Waals surface area (Å²) in [6, 6.07) is 5.63. The molecule has 0 aliphatic heterocycles. The van der Waals surface area contributed by atoms with E-state index >= 15 is 0 Å². The number of anilines is 1. The molecule has 3 N–H and O–H groups in total. The van der Waals surface area contributed by atoms with Crippen LogP contribution in [0.3, 0.4) is 0 Å². The summed E-state index contributed by atoms with van der Waals surface area (Å²) in [4.78, 5) is 24.3. The van der Waals surface area contributed by atoms with Crippen molar-refractivity contribution in [3.63, 3.8) is 0 Å². The molecule has 0 heterocycles. The minimum Gasteiger partial charge on any atom is -0.326 e. The molecule has 2 rings (SSSR count). The summed E-state index contributed by atoms with van der Waals surface area (Å²) in [6.45, 7) is 1.36. The van der Waals surface area contributed by atoms with Gasteiger partial charge < -0.3 is 5.32 Å². The monoisotopic (exact) mass is 297 g/mol. The van der Waals surface area contributed by atoms with Gasteiger partial charge in [0.15, 0.2) is 0 Å². The minimum atomic E-state index is -3.80. The van der Waals surface area contributed by atoms with Crippen molar-refractivity contribution >= 4 is 27.5 Å². The fraction of sp³-hybridized carbons (Fsp3) is 0.333. The van der Waals surface area contributed by atoms with E-state index in [2.05, 4.69) is 10.7 Å². The third-order valence-electron chi connectivity index (χ3n) is 2.74. The summed E-state index contributed by atoms with van der Waals surface area (Å²) in [5, 5.41) is 2.53. The molecule has 20 heavy (non-hydrogen) atoms. The fourth-order valence-corrected chi connectivity index (χ4v) is 2.39. The molecule has 1 aromatic carbocycles. The molecule has 0 spiro atoms. The zero-order valence-electron chi connectivity index (χ0n) is 10.8. The molecule has 0 radical (unpaired) electrons. The second kappa shape index (κ2) is 5.59. The predicted octanol–water partition coefficient (Wildman–Crippen LogP) is 0.364. The topological polar surface area (TPSA) is 104 Å². The number of hydrazine groups is 1. The first-order chi connectivity index (χ1) is 9.38. The van der Waals surface area contributed by atoms with E-state index in [1.54, 1.807) is 0 Å². The number of hydrogen-bond acceptors (Lipinski definition) is 4. The van der Waals surface area contributed by atoms with Crippen LogP contribution in [0.4, 0.5) is 5.69 Å². The lowest BCUT2D eigenvalue weighted by Gasteiger charge is -2.08. The van der Waals surface area contributed by atoms with E-state index in [0.29, 0.717) is 5.69 Å². The Hall–Kier alpha value is -1.93. The third-order valence-corrected chi connectivity index (χ3v) is 4.01. The van der Waals surface area contributed by atoms with Crippen LogP contribution in [0.15, 0.2) is 29.2 Å². The lowest BCUT2D eigenvalue weighted by molar-refractivity contribution is -0.122. The van der Waals surface area contributed by atoms with Crippen LogP contribution in [0.25, 0.3) is 0 Å². The predicted molar refractivity (Wildman–Crippen MR) is 71.9 cm³/mol. The number of amides is 2. The number of sulfonamides is 1. The summed E-state index contributed by atoms with van der Waals surface area (Å²) in [7, 11) is -3.80. The summed E-state index contributed by atoms with van der Waals surface area (Å²) in [5.74, 6) is -0.640. The van der Waals surface area contributed by atoms with Gasteiger partial charge in [-0.2, -0.15) is 0 Å². The van der Waals surface area contributed by atoms with Gasteiger partial charge in [-0.3, -0.25) is 15.0 Å². The van der Waals surface area contributed by atoms with Gasteiger partial charge in [0.05, 0.1) is 4.90 Å². The van der Waals surface area contributed by atoms with Gasteiger partial charge in [0, 0.05) is 18.5 Å². The van der Waals surface area contributed by atoms with E-state index in [-0.39, 0.29) is 22.6 Å². The average Bonchev–Trinajstić information content (AvgIpc) is 3.20. The first-order valence-electron chi connectivity index (χ1n) is 6.08. The van der Waals surface area contributed by atoms with Crippen molar-refractivity contribution in [2.75, 3.05) is 5.32 Å². The highest BCUT2D eigenvalue weighted by Crippen LogP contribution is 2.28. The number of nitrogens with one attached hydrogen (secondary N) is 3. The van der Waals surface area contributed by atoms with Gasteiger partial charge in [-0.15, -0.1) is 4.83 Å². The molecule has 1 aliphatic rings. The van der Waals surface area contributed by atoms with Gasteiger partial charge in [-0.25, -0.2) is 8.42 Å². The quantitative estimate of drug-likeness (QED) is 0.683. The lowest BCUT2D eigenvalue weighted by atomic mass is 10.3. The minimum absolute atomic E-state index is 0.00250. The van der Waals surface area contributed by atoms with Crippen LogP contribution >= 0.6 is 0 Å². The summed E-state index contributed by atoms with van der Waals surface area (Å²) in [5.41, 5.74) is 2.68. The number of hydrogen-bond donors (Lipinski definition) is 3. The summed E-state index contributed by atoms with van der Waals surface area (Å²) in [6.07, 6.45) is 1.58. The van der Waals surface area contributed by atoms with Crippen LogP contribution in [0, 0.1) is 5.92 Å². The van der Waals surface area contributed by atoms with Crippen molar-refractivity contribution in [3.05, 3.63) is 24.3 Å². The molecule has 1 saturated carbocycles. The van der Waals surface area contributed by atoms with Crippen molar-refractivity contribution in [1.29, 1.82) is 0 Å². The van der Waals surface area contributed by atoms with Crippen molar-refractivity contribution in [1.82, 2.24) is 10.3 Å². The highest BCUT2D eigenvalue weighted by atomic mass is 32.2. The van der Waals surface area contributed by atoms with E-state index in [1.807, 2.05) is 4.83 Å². The van der Waals surface area contributed by atoms with Crippen molar-refractivity contribution < 1.29 is 18.0 Å². The van der Waals surface area contributed by atoms with E-state index in [9.17, 15) is 18.0 Å². The normalized spacial score (nSPS) is 14.7. The molecule has 1 aromatic rings. The van der Waals surface area contributed by atoms with Crippen LogP contribution in [0.1, 0.15) is 19.8 Å². The van der Waals surface area contributed by atoms with E-state index in [4.69, 9.17) is 0 Å². The summed E-state index contributed by atoms with van der Waals surface area (Å²) >= 11 is 0. The van der Waals surface area contributed by atoms with E-state index in [0.717, 1.165) is 12.8 Å². The zero-order chi connectivity index (χ0) is 14.8. The largest absolute Gasteiger partial charge is 0.326 e. The Morgan fingerprint density at radius 2 is 1.75 bits per heavy atom. The van der Waals surface area contributed by atoms with Crippen LogP contribution in [-0.2, 0) is 19.6 Å². The zero-order valence-corrected chi connectivity index (χ0v) is 11.7. The van der Waals surface area contributed by atoms with Gasteiger partial charge in [0.1, 0.15) is 0 Å². The second-order valence-electron chi connectivity index (χ2n) is 4.57. The average molecular weight is 297 g/mol. The molecule has 0 atom stereocenters. The number of carbonyl (C=O) groups is 2. The molecule has 0 unspecified atom stereocenters. The molecular formula is C12H15N3O4S. The number of carbonyl (C=O) groups excluding carboxylic acids is 2. The maximum atomic E-state index is 11.9. The standard InChI is InChI=1S/C12H15N3O4S/c1-8(16)13-10-4-6-11(7-5-10)20(18,19)15-14-12(17)9-2-3-9/h4-7,9,15H,2-3H2,1H3,(H,13,16)(H,14,17). The van der Waals surface area contributed by atoms with Gasteiger partial charge in [-0.1, -0.05) is 0 Å². The fourth-order valence-electron chi connectivity index (χ4n) is 1.54. The Morgan fingerprint density at radius 3 is 2.25 bits per heavy atom. The third kappa shape index (κ3) is 3.78. The van der Waals surface area contributed by atoms with Crippen molar-refractivity contribution in [3.8, 4) is 0 Å². The van der Waals surface area contributed by atoms with Gasteiger partial charge in [0.2, 0.25) is 11.8 Å². The SMILES string of the molecule is CC(=O)Nc1ccc(S(=O)(=O)NNC(=O)C2CC2)cc1. The second-order valence-corrected chi connectivity index (χ2v) is 6.26. The van der Waals surface area contributed by atoms with Gasteiger partial charge >= 0.3 is 0 Å². The van der Waals surface area contributed by atoms with Crippen LogP contribution < -0.4 is 15.6 Å². The Bertz CT molecular complexity index is 621. The van der Waals surface area contributed by atoms with Crippen molar-refractivity contribution in [2.24, 2.45) is 5.92 Å². The lowest BCUT2D eigenvalue weighted by Crippen LogP contribution is -2.42. The Morgan fingerprint density at radius 1 is 1.15 bits per heavy atom. The van der Waals surface area contributed by atoms with E-state index < -0.39 is 10.0 Å². The number of benzene rings is 1. The van der Waals surface area contributed by atoms with Gasteiger partial charge in [-0.05, 0) is 37.1 Å². The molecule has 0 saturated heterocycles. The molecule has 1 fully saturated rings. The van der Waals surface area contributed by atoms with Crippen LogP contribution in [-0.4, -0.2) is 20.2 Å². The molecular weight excluding hydrogens is 282 g/mol. The Balaban J connectivity index is 2.01. The van der Waals surface area contributed by atoms with E-state index in [1.165, 1.54) is 31.2 Å². The highest BCUT2D eigenvalue weighted by Gasteiger charge is 2.30.